The summed E-state index contributed by atoms with van der Waals surface area (Å²) < 4.78 is 5.19. The van der Waals surface area contributed by atoms with E-state index in [9.17, 15) is 5.11 Å². The fourth-order valence-electron chi connectivity index (χ4n) is 1.56. The molecule has 2 rings (SSSR count). The molecule has 3 nitrogen and oxygen atoms in total. The number of aliphatic hydroxyl groups is 1. The largest absolute Gasteiger partial charge is 0.495 e. The third kappa shape index (κ3) is 2.08. The van der Waals surface area contributed by atoms with Gasteiger partial charge < -0.3 is 9.84 Å². The van der Waals surface area contributed by atoms with Crippen LogP contribution >= 0.6 is 11.3 Å². The van der Waals surface area contributed by atoms with Crippen LogP contribution in [0.4, 0.5) is 0 Å². The van der Waals surface area contributed by atoms with Gasteiger partial charge in [0.1, 0.15) is 11.9 Å². The molecule has 0 spiro atoms. The lowest BCUT2D eigenvalue weighted by molar-refractivity contribution is 0.218. The fraction of sp³-hybridized carbons (Fsp3) is 0.250. The second kappa shape index (κ2) is 4.63. The van der Waals surface area contributed by atoms with E-state index in [4.69, 9.17) is 4.74 Å². The van der Waals surface area contributed by atoms with Gasteiger partial charge in [0.15, 0.2) is 0 Å². The van der Waals surface area contributed by atoms with Crippen molar-refractivity contribution in [3.05, 3.63) is 45.9 Å². The predicted molar refractivity (Wildman–Crippen MR) is 63.9 cm³/mol. The van der Waals surface area contributed by atoms with E-state index in [-0.39, 0.29) is 0 Å². The van der Waals surface area contributed by atoms with Gasteiger partial charge in [-0.15, -0.1) is 11.3 Å². The molecule has 0 saturated heterocycles. The summed E-state index contributed by atoms with van der Waals surface area (Å²) in [5, 5.41) is 12.1. The number of hydrogen-bond donors (Lipinski definition) is 1. The number of rotatable bonds is 3. The highest BCUT2D eigenvalue weighted by Crippen LogP contribution is 2.34. The van der Waals surface area contributed by atoms with Crippen LogP contribution in [-0.2, 0) is 0 Å². The molecule has 1 atom stereocenters. The van der Waals surface area contributed by atoms with E-state index in [1.54, 1.807) is 19.5 Å². The van der Waals surface area contributed by atoms with Gasteiger partial charge in [-0.1, -0.05) is 6.07 Å². The van der Waals surface area contributed by atoms with Gasteiger partial charge in [-0.25, -0.2) is 0 Å². The molecule has 0 amide bonds. The molecule has 0 radical (unpaired) electrons. The van der Waals surface area contributed by atoms with Crippen molar-refractivity contribution in [3.63, 3.8) is 0 Å². The average Bonchev–Trinajstić information content (AvgIpc) is 2.76. The van der Waals surface area contributed by atoms with Gasteiger partial charge in [0.2, 0.25) is 0 Å². The number of methoxy groups -OCH3 is 1. The maximum absolute atomic E-state index is 10.2. The molecule has 0 aliphatic heterocycles. The van der Waals surface area contributed by atoms with Crippen molar-refractivity contribution >= 4 is 11.3 Å². The molecular formula is C12H13NO2S. The normalized spacial score (nSPS) is 12.4. The first-order valence-electron chi connectivity index (χ1n) is 4.93. The highest BCUT2D eigenvalue weighted by molar-refractivity contribution is 7.10. The summed E-state index contributed by atoms with van der Waals surface area (Å²) in [6.45, 7) is 1.95. The van der Waals surface area contributed by atoms with E-state index in [1.807, 2.05) is 24.4 Å². The van der Waals surface area contributed by atoms with E-state index >= 15 is 0 Å². The van der Waals surface area contributed by atoms with E-state index in [0.29, 0.717) is 0 Å². The molecule has 0 aromatic carbocycles. The molecule has 2 aromatic heterocycles. The Morgan fingerprint density at radius 1 is 1.44 bits per heavy atom. The molecule has 84 valence electrons. The molecule has 0 bridgehead atoms. The number of pyridine rings is 1. The molecule has 0 saturated carbocycles. The molecular weight excluding hydrogens is 222 g/mol. The molecule has 0 aliphatic carbocycles. The van der Waals surface area contributed by atoms with E-state index in [2.05, 4.69) is 4.98 Å². The highest BCUT2D eigenvalue weighted by Gasteiger charge is 2.17. The Morgan fingerprint density at radius 2 is 2.25 bits per heavy atom. The minimum absolute atomic E-state index is 0.664. The maximum atomic E-state index is 10.2. The van der Waals surface area contributed by atoms with Crippen LogP contribution in [0.3, 0.4) is 0 Å². The minimum atomic E-state index is -0.664. The van der Waals surface area contributed by atoms with Gasteiger partial charge in [-0.2, -0.15) is 0 Å². The zero-order chi connectivity index (χ0) is 11.5. The van der Waals surface area contributed by atoms with Crippen LogP contribution in [0.5, 0.6) is 5.75 Å². The number of aliphatic hydroxyl groups excluding tert-OH is 1. The van der Waals surface area contributed by atoms with Gasteiger partial charge >= 0.3 is 0 Å². The Kier molecular flexibility index (Phi) is 3.22. The van der Waals surface area contributed by atoms with Crippen molar-refractivity contribution in [2.45, 2.75) is 13.0 Å². The predicted octanol–water partition coefficient (Wildman–Crippen LogP) is 2.54. The summed E-state index contributed by atoms with van der Waals surface area (Å²) in [5.74, 6) is 0.721. The molecule has 1 unspecified atom stereocenters. The van der Waals surface area contributed by atoms with Crippen LogP contribution in [0.25, 0.3) is 0 Å². The summed E-state index contributed by atoms with van der Waals surface area (Å²) in [4.78, 5) is 4.89. The van der Waals surface area contributed by atoms with Crippen molar-refractivity contribution in [2.24, 2.45) is 0 Å². The highest BCUT2D eigenvalue weighted by atomic mass is 32.1. The number of aromatic nitrogens is 1. The lowest BCUT2D eigenvalue weighted by Crippen LogP contribution is -2.00. The zero-order valence-electron chi connectivity index (χ0n) is 9.18. The van der Waals surface area contributed by atoms with E-state index in [0.717, 1.165) is 21.8 Å². The Labute approximate surface area is 98.4 Å². The third-order valence-corrected chi connectivity index (χ3v) is 3.29. The van der Waals surface area contributed by atoms with Crippen molar-refractivity contribution in [1.82, 2.24) is 4.98 Å². The topological polar surface area (TPSA) is 42.4 Å². The molecule has 16 heavy (non-hydrogen) atoms. The monoisotopic (exact) mass is 235 g/mol. The Balaban J connectivity index is 2.35. The quantitative estimate of drug-likeness (QED) is 0.889. The minimum Gasteiger partial charge on any atom is -0.495 e. The number of nitrogens with zero attached hydrogens (tertiary/aromatic N) is 1. The lowest BCUT2D eigenvalue weighted by Gasteiger charge is -2.11. The first-order valence-corrected chi connectivity index (χ1v) is 5.81. The SMILES string of the molecule is COc1ccsc1C(O)c1cncc(C)c1. The number of hydrogen-bond acceptors (Lipinski definition) is 4. The van der Waals surface area contributed by atoms with Crippen LogP contribution < -0.4 is 4.74 Å². The van der Waals surface area contributed by atoms with Crippen LogP contribution in [0, 0.1) is 6.92 Å². The molecule has 1 N–H and O–H groups in total. The van der Waals surface area contributed by atoms with Crippen molar-refractivity contribution in [3.8, 4) is 5.75 Å². The van der Waals surface area contributed by atoms with Crippen molar-refractivity contribution in [1.29, 1.82) is 0 Å². The lowest BCUT2D eigenvalue weighted by atomic mass is 10.1. The van der Waals surface area contributed by atoms with E-state index in [1.165, 1.54) is 11.3 Å². The van der Waals surface area contributed by atoms with Gasteiger partial charge in [0.25, 0.3) is 0 Å². The average molecular weight is 235 g/mol. The van der Waals surface area contributed by atoms with E-state index < -0.39 is 6.10 Å². The van der Waals surface area contributed by atoms with Gasteiger partial charge in [-0.05, 0) is 23.9 Å². The number of ether oxygens (including phenoxy) is 1. The van der Waals surface area contributed by atoms with Crippen LogP contribution in [0.15, 0.2) is 29.9 Å². The van der Waals surface area contributed by atoms with Gasteiger partial charge in [0.05, 0.1) is 12.0 Å². The first kappa shape index (κ1) is 11.1. The standard InChI is InChI=1S/C12H13NO2S/c1-8-5-9(7-13-6-8)11(14)12-10(15-2)3-4-16-12/h3-7,11,14H,1-2H3. The Morgan fingerprint density at radius 3 is 2.94 bits per heavy atom. The summed E-state index contributed by atoms with van der Waals surface area (Å²) in [7, 11) is 1.60. The van der Waals surface area contributed by atoms with Gasteiger partial charge in [0, 0.05) is 18.0 Å². The van der Waals surface area contributed by atoms with Crippen molar-refractivity contribution < 1.29 is 9.84 Å². The van der Waals surface area contributed by atoms with Crippen LogP contribution in [0.1, 0.15) is 22.1 Å². The molecule has 2 aromatic rings. The maximum Gasteiger partial charge on any atom is 0.135 e. The first-order chi connectivity index (χ1) is 7.72. The molecule has 2 heterocycles. The molecule has 0 fully saturated rings. The summed E-state index contributed by atoms with van der Waals surface area (Å²) in [5.41, 5.74) is 1.83. The Bertz CT molecular complexity index is 481. The second-order valence-electron chi connectivity index (χ2n) is 3.55. The smallest absolute Gasteiger partial charge is 0.135 e. The summed E-state index contributed by atoms with van der Waals surface area (Å²) >= 11 is 1.48. The van der Waals surface area contributed by atoms with Crippen LogP contribution in [-0.4, -0.2) is 17.2 Å². The Hall–Kier alpha value is -1.39. The number of aryl methyl sites for hydroxylation is 1. The molecule has 4 heteroatoms. The number of thiophene rings is 1. The van der Waals surface area contributed by atoms with Crippen molar-refractivity contribution in [2.75, 3.05) is 7.11 Å². The zero-order valence-corrected chi connectivity index (χ0v) is 9.99. The summed E-state index contributed by atoms with van der Waals surface area (Å²) in [6, 6.07) is 3.78. The fourth-order valence-corrected chi connectivity index (χ4v) is 2.43. The summed E-state index contributed by atoms with van der Waals surface area (Å²) in [6.07, 6.45) is 2.78. The molecule has 0 aliphatic rings. The van der Waals surface area contributed by atoms with Gasteiger partial charge in [-0.3, -0.25) is 4.98 Å². The second-order valence-corrected chi connectivity index (χ2v) is 4.50. The van der Waals surface area contributed by atoms with Crippen LogP contribution in [0.2, 0.25) is 0 Å². The third-order valence-electron chi connectivity index (χ3n) is 2.34.